The van der Waals surface area contributed by atoms with Crippen molar-refractivity contribution in [2.45, 2.75) is 39.5 Å². The predicted molar refractivity (Wildman–Crippen MR) is 88.1 cm³/mol. The fourth-order valence-corrected chi connectivity index (χ4v) is 3.25. The number of amides is 1. The highest BCUT2D eigenvalue weighted by molar-refractivity contribution is 5.78. The third kappa shape index (κ3) is 3.78. The average molecular weight is 316 g/mol. The van der Waals surface area contributed by atoms with Gasteiger partial charge >= 0.3 is 0 Å². The zero-order chi connectivity index (χ0) is 16.2. The highest BCUT2D eigenvalue weighted by atomic mass is 16.1. The van der Waals surface area contributed by atoms with Gasteiger partial charge < -0.3 is 10.6 Å². The second kappa shape index (κ2) is 6.93. The van der Waals surface area contributed by atoms with Crippen LogP contribution in [0, 0.1) is 18.8 Å². The minimum Gasteiger partial charge on any atom is -0.368 e. The van der Waals surface area contributed by atoms with E-state index < -0.39 is 0 Å². The van der Waals surface area contributed by atoms with Gasteiger partial charge in [0.2, 0.25) is 5.91 Å². The summed E-state index contributed by atoms with van der Waals surface area (Å²) in [6.07, 6.45) is 5.94. The van der Waals surface area contributed by atoms with Crippen molar-refractivity contribution < 1.29 is 4.79 Å². The first kappa shape index (κ1) is 15.7. The molecular weight excluding hydrogens is 292 g/mol. The topological polar surface area (TPSA) is 84.2 Å². The van der Waals surface area contributed by atoms with Crippen molar-refractivity contribution in [3.05, 3.63) is 18.1 Å². The van der Waals surface area contributed by atoms with Gasteiger partial charge in [0.05, 0.1) is 0 Å². The second-order valence-electron chi connectivity index (χ2n) is 6.44. The minimum absolute atomic E-state index is 0.184. The van der Waals surface area contributed by atoms with Crippen molar-refractivity contribution >= 4 is 17.5 Å². The highest BCUT2D eigenvalue weighted by Crippen LogP contribution is 2.28. The van der Waals surface area contributed by atoms with Crippen LogP contribution in [0.2, 0.25) is 0 Å². The monoisotopic (exact) mass is 316 g/mol. The lowest BCUT2D eigenvalue weighted by atomic mass is 9.82. The van der Waals surface area contributed by atoms with Gasteiger partial charge in [-0.2, -0.15) is 14.6 Å². The van der Waals surface area contributed by atoms with Crippen LogP contribution in [0.25, 0.3) is 5.78 Å². The number of aromatic nitrogens is 4. The molecular formula is C16H24N6O. The summed E-state index contributed by atoms with van der Waals surface area (Å²) in [5.41, 5.74) is 0.883. The number of nitrogens with one attached hydrogen (secondary N) is 2. The first-order valence-corrected chi connectivity index (χ1v) is 8.32. The van der Waals surface area contributed by atoms with Crippen molar-refractivity contribution in [3.8, 4) is 0 Å². The molecule has 2 N–H and O–H groups in total. The second-order valence-corrected chi connectivity index (χ2v) is 6.44. The Bertz CT molecular complexity index is 682. The largest absolute Gasteiger partial charge is 0.368 e. The van der Waals surface area contributed by atoms with Gasteiger partial charge in [-0.3, -0.25) is 4.79 Å². The molecule has 1 fully saturated rings. The number of fused-ring (bicyclic) bond motifs is 1. The van der Waals surface area contributed by atoms with Crippen LogP contribution in [-0.4, -0.2) is 38.6 Å². The maximum absolute atomic E-state index is 12.2. The zero-order valence-electron chi connectivity index (χ0n) is 13.7. The molecule has 1 amide bonds. The van der Waals surface area contributed by atoms with E-state index in [1.807, 2.05) is 13.0 Å². The van der Waals surface area contributed by atoms with E-state index in [1.165, 1.54) is 12.7 Å². The SMILES string of the molecule is Cc1cc(NCCNC(=O)[C@H]2CCC[C@@H](C)C2)n2ncnc2n1. The molecule has 7 nitrogen and oxygen atoms in total. The number of aryl methyl sites for hydroxylation is 1. The molecule has 0 unspecified atom stereocenters. The Kier molecular flexibility index (Phi) is 4.73. The Morgan fingerprint density at radius 3 is 3.09 bits per heavy atom. The molecule has 3 rings (SSSR count). The Morgan fingerprint density at radius 2 is 2.26 bits per heavy atom. The van der Waals surface area contributed by atoms with Gasteiger partial charge in [0, 0.05) is 30.8 Å². The molecule has 0 aliphatic heterocycles. The summed E-state index contributed by atoms with van der Waals surface area (Å²) >= 11 is 0. The van der Waals surface area contributed by atoms with E-state index >= 15 is 0 Å². The van der Waals surface area contributed by atoms with Crippen LogP contribution >= 0.6 is 0 Å². The van der Waals surface area contributed by atoms with Crippen LogP contribution in [0.4, 0.5) is 5.82 Å². The van der Waals surface area contributed by atoms with Gasteiger partial charge in [-0.05, 0) is 25.7 Å². The third-order valence-electron chi connectivity index (χ3n) is 4.42. The van der Waals surface area contributed by atoms with Crippen molar-refractivity contribution in [1.82, 2.24) is 24.9 Å². The number of rotatable bonds is 5. The zero-order valence-corrected chi connectivity index (χ0v) is 13.7. The first-order chi connectivity index (χ1) is 11.1. The predicted octanol–water partition coefficient (Wildman–Crippen LogP) is 1.79. The Morgan fingerprint density at radius 1 is 1.39 bits per heavy atom. The van der Waals surface area contributed by atoms with Crippen LogP contribution in [0.3, 0.4) is 0 Å². The number of hydrogen-bond donors (Lipinski definition) is 2. The standard InChI is InChI=1S/C16H24N6O/c1-11-4-3-5-13(8-11)15(23)18-7-6-17-14-9-12(2)21-16-19-10-20-22(14)16/h9-11,13,17H,3-8H2,1-2H3,(H,18,23)/t11-,13+/m1/s1. The molecule has 2 atom stereocenters. The molecule has 1 saturated carbocycles. The molecule has 2 heterocycles. The lowest BCUT2D eigenvalue weighted by Gasteiger charge is -2.25. The number of anilines is 1. The summed E-state index contributed by atoms with van der Waals surface area (Å²) in [4.78, 5) is 20.6. The number of hydrogen-bond acceptors (Lipinski definition) is 5. The summed E-state index contributed by atoms with van der Waals surface area (Å²) in [7, 11) is 0. The van der Waals surface area contributed by atoms with E-state index in [-0.39, 0.29) is 11.8 Å². The molecule has 0 bridgehead atoms. The van der Waals surface area contributed by atoms with E-state index in [0.717, 1.165) is 30.8 Å². The summed E-state index contributed by atoms with van der Waals surface area (Å²) in [6.45, 7) is 5.40. The number of carbonyl (C=O) groups is 1. The minimum atomic E-state index is 0.184. The lowest BCUT2D eigenvalue weighted by Crippen LogP contribution is -2.36. The van der Waals surface area contributed by atoms with E-state index in [9.17, 15) is 4.79 Å². The van der Waals surface area contributed by atoms with Gasteiger partial charge in [-0.1, -0.05) is 19.8 Å². The molecule has 2 aromatic rings. The van der Waals surface area contributed by atoms with Crippen molar-refractivity contribution in [2.75, 3.05) is 18.4 Å². The summed E-state index contributed by atoms with van der Waals surface area (Å²) in [6, 6.07) is 1.92. The molecule has 2 aromatic heterocycles. The molecule has 0 aromatic carbocycles. The van der Waals surface area contributed by atoms with E-state index in [2.05, 4.69) is 32.6 Å². The highest BCUT2D eigenvalue weighted by Gasteiger charge is 2.24. The fourth-order valence-electron chi connectivity index (χ4n) is 3.25. The Labute approximate surface area is 135 Å². The normalized spacial score (nSPS) is 21.3. The summed E-state index contributed by atoms with van der Waals surface area (Å²) in [5.74, 6) is 2.45. The number of carbonyl (C=O) groups excluding carboxylic acids is 1. The van der Waals surface area contributed by atoms with Crippen LogP contribution in [0.15, 0.2) is 12.4 Å². The van der Waals surface area contributed by atoms with Crippen LogP contribution in [0.1, 0.15) is 38.3 Å². The van der Waals surface area contributed by atoms with Gasteiger partial charge in [-0.25, -0.2) is 4.98 Å². The molecule has 124 valence electrons. The maximum Gasteiger partial charge on any atom is 0.254 e. The summed E-state index contributed by atoms with van der Waals surface area (Å²) < 4.78 is 1.66. The average Bonchev–Trinajstić information content (AvgIpc) is 2.99. The van der Waals surface area contributed by atoms with E-state index in [0.29, 0.717) is 24.8 Å². The quantitative estimate of drug-likeness (QED) is 0.822. The molecule has 0 saturated heterocycles. The van der Waals surface area contributed by atoms with Gasteiger partial charge in [0.15, 0.2) is 0 Å². The maximum atomic E-state index is 12.2. The summed E-state index contributed by atoms with van der Waals surface area (Å²) in [5, 5.41) is 10.5. The van der Waals surface area contributed by atoms with Crippen LogP contribution in [0.5, 0.6) is 0 Å². The molecule has 23 heavy (non-hydrogen) atoms. The van der Waals surface area contributed by atoms with Crippen LogP contribution < -0.4 is 10.6 Å². The van der Waals surface area contributed by atoms with Crippen LogP contribution in [-0.2, 0) is 4.79 Å². The van der Waals surface area contributed by atoms with Gasteiger partial charge in [-0.15, -0.1) is 0 Å². The molecule has 0 radical (unpaired) electrons. The molecule has 0 spiro atoms. The lowest BCUT2D eigenvalue weighted by molar-refractivity contribution is -0.126. The first-order valence-electron chi connectivity index (χ1n) is 8.32. The number of nitrogens with zero attached hydrogens (tertiary/aromatic N) is 4. The van der Waals surface area contributed by atoms with E-state index in [1.54, 1.807) is 4.52 Å². The third-order valence-corrected chi connectivity index (χ3v) is 4.42. The van der Waals surface area contributed by atoms with E-state index in [4.69, 9.17) is 0 Å². The Hall–Kier alpha value is -2.18. The van der Waals surface area contributed by atoms with Gasteiger partial charge in [0.1, 0.15) is 12.1 Å². The molecule has 1 aliphatic carbocycles. The fraction of sp³-hybridized carbons (Fsp3) is 0.625. The Balaban J connectivity index is 1.49. The van der Waals surface area contributed by atoms with Crippen molar-refractivity contribution in [2.24, 2.45) is 11.8 Å². The van der Waals surface area contributed by atoms with Crippen molar-refractivity contribution in [3.63, 3.8) is 0 Å². The van der Waals surface area contributed by atoms with Gasteiger partial charge in [0.25, 0.3) is 5.78 Å². The van der Waals surface area contributed by atoms with Crippen molar-refractivity contribution in [1.29, 1.82) is 0 Å². The smallest absolute Gasteiger partial charge is 0.254 e. The molecule has 1 aliphatic rings. The molecule has 7 heteroatoms.